The number of rotatable bonds is 2. The smallest absolute Gasteiger partial charge is 0.264 e. The minimum atomic E-state index is -0.255. The second-order valence-electron chi connectivity index (χ2n) is 7.59. The van der Waals surface area contributed by atoms with E-state index in [0.717, 1.165) is 30.6 Å². The van der Waals surface area contributed by atoms with Crippen molar-refractivity contribution < 1.29 is 14.3 Å². The van der Waals surface area contributed by atoms with E-state index >= 15 is 0 Å². The molecule has 0 aromatic carbocycles. The van der Waals surface area contributed by atoms with Crippen molar-refractivity contribution in [3.8, 4) is 0 Å². The van der Waals surface area contributed by atoms with Crippen LogP contribution in [0.25, 0.3) is 0 Å². The fraction of sp³-hybridized carbons (Fsp3) is 0.700. The van der Waals surface area contributed by atoms with Crippen LogP contribution in [0.2, 0.25) is 0 Å². The van der Waals surface area contributed by atoms with E-state index in [2.05, 4.69) is 6.07 Å². The second-order valence-corrected chi connectivity index (χ2v) is 8.73. The quantitative estimate of drug-likeness (QED) is 0.797. The average molecular weight is 377 g/mol. The van der Waals surface area contributed by atoms with Gasteiger partial charge in [-0.25, -0.2) is 0 Å². The van der Waals surface area contributed by atoms with Crippen molar-refractivity contribution in [3.63, 3.8) is 0 Å². The predicted octanol–water partition coefficient (Wildman–Crippen LogP) is 2.87. The predicted molar refractivity (Wildman–Crippen MR) is 102 cm³/mol. The van der Waals surface area contributed by atoms with E-state index in [1.165, 1.54) is 36.1 Å². The average Bonchev–Trinajstić information content (AvgIpc) is 3.31. The van der Waals surface area contributed by atoms with Crippen molar-refractivity contribution in [1.82, 2.24) is 9.80 Å². The molecule has 5 nitrogen and oxygen atoms in total. The Morgan fingerprint density at radius 2 is 1.69 bits per heavy atom. The summed E-state index contributed by atoms with van der Waals surface area (Å²) in [4.78, 5) is 31.5. The summed E-state index contributed by atoms with van der Waals surface area (Å²) in [5.74, 6) is 0.250. The number of ether oxygens (including phenoxy) is 1. The van der Waals surface area contributed by atoms with Crippen molar-refractivity contribution in [3.05, 3.63) is 21.4 Å². The van der Waals surface area contributed by atoms with Gasteiger partial charge in [0, 0.05) is 37.7 Å². The SMILES string of the molecule is O=C(c1cc2c(s1)CCCCCC2)N1CCN(C(=O)C2CCCO2)CC1. The zero-order valence-corrected chi connectivity index (χ0v) is 16.2. The molecule has 0 saturated carbocycles. The van der Waals surface area contributed by atoms with Gasteiger partial charge in [0.1, 0.15) is 6.10 Å². The van der Waals surface area contributed by atoms with E-state index in [0.29, 0.717) is 32.8 Å². The normalized spacial score (nSPS) is 24.1. The lowest BCUT2D eigenvalue weighted by Crippen LogP contribution is -2.52. The molecular formula is C20H28N2O3S. The summed E-state index contributed by atoms with van der Waals surface area (Å²) >= 11 is 1.70. The number of hydrogen-bond acceptors (Lipinski definition) is 4. The molecule has 3 heterocycles. The molecule has 4 rings (SSSR count). The lowest BCUT2D eigenvalue weighted by Gasteiger charge is -2.35. The van der Waals surface area contributed by atoms with Crippen LogP contribution in [0.1, 0.15) is 58.6 Å². The third-order valence-corrected chi connectivity index (χ3v) is 7.02. The molecule has 2 saturated heterocycles. The highest BCUT2D eigenvalue weighted by atomic mass is 32.1. The fourth-order valence-electron chi connectivity index (χ4n) is 4.21. The Morgan fingerprint density at radius 1 is 0.962 bits per heavy atom. The summed E-state index contributed by atoms with van der Waals surface area (Å²) in [6.45, 7) is 3.18. The molecule has 1 aliphatic carbocycles. The van der Waals surface area contributed by atoms with E-state index < -0.39 is 0 Å². The zero-order chi connectivity index (χ0) is 17.9. The number of carbonyl (C=O) groups is 2. The topological polar surface area (TPSA) is 49.9 Å². The highest BCUT2D eigenvalue weighted by molar-refractivity contribution is 7.14. The first-order chi connectivity index (χ1) is 12.7. The molecule has 26 heavy (non-hydrogen) atoms. The number of thiophene rings is 1. The van der Waals surface area contributed by atoms with Gasteiger partial charge >= 0.3 is 0 Å². The van der Waals surface area contributed by atoms with Crippen molar-refractivity contribution >= 4 is 23.2 Å². The van der Waals surface area contributed by atoms with Crippen LogP contribution in [0.5, 0.6) is 0 Å². The molecular weight excluding hydrogens is 348 g/mol. The van der Waals surface area contributed by atoms with Gasteiger partial charge in [0.25, 0.3) is 11.8 Å². The van der Waals surface area contributed by atoms with Gasteiger partial charge < -0.3 is 14.5 Å². The molecule has 0 bridgehead atoms. The number of nitrogens with zero attached hydrogens (tertiary/aromatic N) is 2. The van der Waals surface area contributed by atoms with E-state index in [-0.39, 0.29) is 17.9 Å². The van der Waals surface area contributed by atoms with E-state index in [4.69, 9.17) is 4.74 Å². The largest absolute Gasteiger partial charge is 0.368 e. The lowest BCUT2D eigenvalue weighted by molar-refractivity contribution is -0.142. The molecule has 2 amide bonds. The summed E-state index contributed by atoms with van der Waals surface area (Å²) in [5.41, 5.74) is 1.39. The van der Waals surface area contributed by atoms with Gasteiger partial charge in [-0.15, -0.1) is 11.3 Å². The van der Waals surface area contributed by atoms with Gasteiger partial charge in [0.15, 0.2) is 0 Å². The Labute approximate surface area is 159 Å². The van der Waals surface area contributed by atoms with E-state index in [9.17, 15) is 9.59 Å². The second kappa shape index (κ2) is 8.09. The van der Waals surface area contributed by atoms with Gasteiger partial charge in [0.2, 0.25) is 0 Å². The molecule has 142 valence electrons. The molecule has 0 N–H and O–H groups in total. The number of carbonyl (C=O) groups excluding carboxylic acids is 2. The number of fused-ring (bicyclic) bond motifs is 1. The van der Waals surface area contributed by atoms with Gasteiger partial charge in [-0.1, -0.05) is 12.8 Å². The number of amides is 2. The third kappa shape index (κ3) is 3.81. The summed E-state index contributed by atoms with van der Waals surface area (Å²) in [7, 11) is 0. The summed E-state index contributed by atoms with van der Waals surface area (Å²) in [5, 5.41) is 0. The highest BCUT2D eigenvalue weighted by Crippen LogP contribution is 2.29. The van der Waals surface area contributed by atoms with Crippen molar-refractivity contribution in [2.75, 3.05) is 32.8 Å². The van der Waals surface area contributed by atoms with Crippen molar-refractivity contribution in [1.29, 1.82) is 0 Å². The monoisotopic (exact) mass is 376 g/mol. The van der Waals surface area contributed by atoms with Crippen LogP contribution in [0.4, 0.5) is 0 Å². The Bertz CT molecular complexity index is 633. The molecule has 1 atom stereocenters. The zero-order valence-electron chi connectivity index (χ0n) is 15.4. The van der Waals surface area contributed by atoms with Crippen LogP contribution >= 0.6 is 11.3 Å². The molecule has 0 radical (unpaired) electrons. The molecule has 3 aliphatic rings. The van der Waals surface area contributed by atoms with Gasteiger partial charge in [0.05, 0.1) is 4.88 Å². The first kappa shape index (κ1) is 18.0. The molecule has 1 aromatic rings. The summed E-state index contributed by atoms with van der Waals surface area (Å²) in [6, 6.07) is 2.14. The van der Waals surface area contributed by atoms with Gasteiger partial charge in [-0.3, -0.25) is 9.59 Å². The fourth-order valence-corrected chi connectivity index (χ4v) is 5.43. The first-order valence-corrected chi connectivity index (χ1v) is 10.9. The van der Waals surface area contributed by atoms with E-state index in [1.54, 1.807) is 11.3 Å². The third-order valence-electron chi connectivity index (χ3n) is 5.79. The van der Waals surface area contributed by atoms with Gasteiger partial charge in [-0.05, 0) is 50.2 Å². The van der Waals surface area contributed by atoms with Gasteiger partial charge in [-0.2, -0.15) is 0 Å². The Morgan fingerprint density at radius 3 is 2.42 bits per heavy atom. The Hall–Kier alpha value is -1.40. The Balaban J connectivity index is 1.36. The Kier molecular flexibility index (Phi) is 5.60. The van der Waals surface area contributed by atoms with Crippen LogP contribution in [0, 0.1) is 0 Å². The maximum Gasteiger partial charge on any atom is 0.264 e. The highest BCUT2D eigenvalue weighted by Gasteiger charge is 2.32. The number of piperazine rings is 1. The number of hydrogen-bond donors (Lipinski definition) is 0. The van der Waals surface area contributed by atoms with Crippen LogP contribution in [-0.4, -0.2) is 60.5 Å². The van der Waals surface area contributed by atoms with Crippen LogP contribution < -0.4 is 0 Å². The number of aryl methyl sites for hydroxylation is 2. The molecule has 1 unspecified atom stereocenters. The molecule has 2 aliphatic heterocycles. The molecule has 0 spiro atoms. The molecule has 6 heteroatoms. The van der Waals surface area contributed by atoms with Crippen LogP contribution in [0.15, 0.2) is 6.07 Å². The van der Waals surface area contributed by atoms with E-state index in [1.807, 2.05) is 9.80 Å². The standard InChI is InChI=1S/C20H28N2O3S/c23-19(16-7-5-13-25-16)21-9-11-22(12-10-21)20(24)18-14-15-6-3-1-2-4-8-17(15)26-18/h14,16H,1-13H2. The maximum absolute atomic E-state index is 12.9. The summed E-state index contributed by atoms with van der Waals surface area (Å²) < 4.78 is 5.51. The lowest BCUT2D eigenvalue weighted by atomic mass is 10.00. The minimum absolute atomic E-state index is 0.105. The summed E-state index contributed by atoms with van der Waals surface area (Å²) in [6.07, 6.45) is 8.87. The van der Waals surface area contributed by atoms with Crippen molar-refractivity contribution in [2.24, 2.45) is 0 Å². The van der Waals surface area contributed by atoms with Crippen molar-refractivity contribution in [2.45, 2.75) is 57.5 Å². The first-order valence-electron chi connectivity index (χ1n) is 10.0. The minimum Gasteiger partial charge on any atom is -0.368 e. The molecule has 2 fully saturated rings. The van der Waals surface area contributed by atoms with Crippen LogP contribution in [-0.2, 0) is 22.4 Å². The maximum atomic E-state index is 12.9. The van der Waals surface area contributed by atoms with Crippen LogP contribution in [0.3, 0.4) is 0 Å². The molecule has 1 aromatic heterocycles.